The maximum atomic E-state index is 10.6. The Morgan fingerprint density at radius 3 is 2.75 bits per heavy atom. The monoisotopic (exact) mass is 229 g/mol. The Bertz CT molecular complexity index is 257. The van der Waals surface area contributed by atoms with Gasteiger partial charge in [-0.3, -0.25) is 0 Å². The lowest BCUT2D eigenvalue weighted by molar-refractivity contribution is -0.137. The zero-order valence-electron chi connectivity index (χ0n) is 10.2. The second-order valence-corrected chi connectivity index (χ2v) is 5.30. The van der Waals surface area contributed by atoms with Gasteiger partial charge in [0.15, 0.2) is 0 Å². The highest BCUT2D eigenvalue weighted by Gasteiger charge is 2.60. The molecule has 0 radical (unpaired) electrons. The van der Waals surface area contributed by atoms with Crippen LogP contribution in [-0.2, 0) is 9.47 Å². The maximum absolute atomic E-state index is 10.6. The zero-order valence-corrected chi connectivity index (χ0v) is 10.2. The molecule has 4 unspecified atom stereocenters. The minimum Gasteiger partial charge on any atom is -0.387 e. The number of nitrogens with two attached hydrogens (primary N) is 1. The number of hydrogen-bond acceptors (Lipinski definition) is 4. The van der Waals surface area contributed by atoms with Crippen molar-refractivity contribution in [3.8, 4) is 0 Å². The topological polar surface area (TPSA) is 64.7 Å². The standard InChI is InChI=1S/C12H23NO3/c1-3-15-8-11(2,14)12(7-13)6-9-4-5-10(12)16-9/h9-10,14H,3-8,13H2,1-2H3. The Kier molecular flexibility index (Phi) is 3.27. The van der Waals surface area contributed by atoms with Crippen LogP contribution in [0.2, 0.25) is 0 Å². The number of fused-ring (bicyclic) bond motifs is 2. The van der Waals surface area contributed by atoms with Gasteiger partial charge in [0.05, 0.1) is 24.4 Å². The van der Waals surface area contributed by atoms with Crippen molar-refractivity contribution in [2.75, 3.05) is 19.8 Å². The van der Waals surface area contributed by atoms with Crippen LogP contribution in [0.4, 0.5) is 0 Å². The molecule has 0 aromatic rings. The summed E-state index contributed by atoms with van der Waals surface area (Å²) >= 11 is 0. The fraction of sp³-hybridized carbons (Fsp3) is 1.00. The van der Waals surface area contributed by atoms with Crippen molar-refractivity contribution < 1.29 is 14.6 Å². The molecule has 0 spiro atoms. The smallest absolute Gasteiger partial charge is 0.0945 e. The van der Waals surface area contributed by atoms with Crippen molar-refractivity contribution in [1.29, 1.82) is 0 Å². The molecule has 0 aliphatic carbocycles. The lowest BCUT2D eigenvalue weighted by atomic mass is 9.64. The highest BCUT2D eigenvalue weighted by Crippen LogP contribution is 2.52. The molecule has 16 heavy (non-hydrogen) atoms. The summed E-state index contributed by atoms with van der Waals surface area (Å²) in [6.07, 6.45) is 3.40. The molecule has 0 saturated carbocycles. The average Bonchev–Trinajstić information content (AvgIpc) is 2.86. The third-order valence-electron chi connectivity index (χ3n) is 4.34. The van der Waals surface area contributed by atoms with Crippen molar-refractivity contribution in [3.63, 3.8) is 0 Å². The van der Waals surface area contributed by atoms with Crippen molar-refractivity contribution in [1.82, 2.24) is 0 Å². The number of rotatable bonds is 5. The van der Waals surface area contributed by atoms with Crippen LogP contribution in [0.1, 0.15) is 33.1 Å². The molecule has 4 atom stereocenters. The first-order chi connectivity index (χ1) is 7.55. The summed E-state index contributed by atoms with van der Waals surface area (Å²) in [7, 11) is 0. The second-order valence-electron chi connectivity index (χ2n) is 5.30. The van der Waals surface area contributed by atoms with E-state index in [1.54, 1.807) is 0 Å². The summed E-state index contributed by atoms with van der Waals surface area (Å²) < 4.78 is 11.2. The Morgan fingerprint density at radius 2 is 2.31 bits per heavy atom. The average molecular weight is 229 g/mol. The highest BCUT2D eigenvalue weighted by atomic mass is 16.5. The van der Waals surface area contributed by atoms with E-state index in [9.17, 15) is 5.11 Å². The van der Waals surface area contributed by atoms with Crippen LogP contribution in [0.25, 0.3) is 0 Å². The summed E-state index contributed by atoms with van der Waals surface area (Å²) in [6.45, 7) is 5.19. The first kappa shape index (κ1) is 12.3. The summed E-state index contributed by atoms with van der Waals surface area (Å²) in [5, 5.41) is 10.6. The minimum atomic E-state index is -0.891. The van der Waals surface area contributed by atoms with Gasteiger partial charge < -0.3 is 20.3 Å². The Morgan fingerprint density at radius 1 is 1.56 bits per heavy atom. The predicted molar refractivity (Wildman–Crippen MR) is 61.1 cm³/mol. The summed E-state index contributed by atoms with van der Waals surface area (Å²) in [4.78, 5) is 0. The fourth-order valence-electron chi connectivity index (χ4n) is 3.25. The van der Waals surface area contributed by atoms with Gasteiger partial charge in [-0.25, -0.2) is 0 Å². The number of ether oxygens (including phenoxy) is 2. The second kappa shape index (κ2) is 4.26. The molecule has 0 aromatic carbocycles. The van der Waals surface area contributed by atoms with E-state index < -0.39 is 5.60 Å². The molecule has 94 valence electrons. The number of aliphatic hydroxyl groups is 1. The first-order valence-electron chi connectivity index (χ1n) is 6.21. The van der Waals surface area contributed by atoms with Gasteiger partial charge in [-0.1, -0.05) is 0 Å². The van der Waals surface area contributed by atoms with Crippen LogP contribution in [0.15, 0.2) is 0 Å². The van der Waals surface area contributed by atoms with E-state index >= 15 is 0 Å². The predicted octanol–water partition coefficient (Wildman–Crippen LogP) is 0.670. The van der Waals surface area contributed by atoms with Crippen molar-refractivity contribution in [2.24, 2.45) is 11.1 Å². The third-order valence-corrected chi connectivity index (χ3v) is 4.34. The van der Waals surface area contributed by atoms with E-state index in [1.165, 1.54) is 0 Å². The molecule has 3 N–H and O–H groups in total. The van der Waals surface area contributed by atoms with Crippen LogP contribution in [0, 0.1) is 5.41 Å². The van der Waals surface area contributed by atoms with Gasteiger partial charge in [-0.15, -0.1) is 0 Å². The summed E-state index contributed by atoms with van der Waals surface area (Å²) in [5.74, 6) is 0. The molecule has 4 nitrogen and oxygen atoms in total. The van der Waals surface area contributed by atoms with Gasteiger partial charge in [0.2, 0.25) is 0 Å². The van der Waals surface area contributed by atoms with Crippen LogP contribution in [0.5, 0.6) is 0 Å². The molecule has 2 fully saturated rings. The zero-order chi connectivity index (χ0) is 11.8. The van der Waals surface area contributed by atoms with E-state index in [4.69, 9.17) is 15.2 Å². The molecule has 2 saturated heterocycles. The third kappa shape index (κ3) is 1.68. The minimum absolute atomic E-state index is 0.109. The lowest BCUT2D eigenvalue weighted by Gasteiger charge is -2.45. The number of hydrogen-bond donors (Lipinski definition) is 2. The van der Waals surface area contributed by atoms with E-state index in [0.29, 0.717) is 25.9 Å². The Labute approximate surface area is 97.1 Å². The van der Waals surface area contributed by atoms with E-state index in [1.807, 2.05) is 13.8 Å². The van der Waals surface area contributed by atoms with Crippen LogP contribution < -0.4 is 5.73 Å². The normalized spacial score (nSPS) is 41.2. The molecular weight excluding hydrogens is 206 g/mol. The fourth-order valence-corrected chi connectivity index (χ4v) is 3.25. The summed E-state index contributed by atoms with van der Waals surface area (Å²) in [6, 6.07) is 0. The van der Waals surface area contributed by atoms with Crippen LogP contribution in [-0.4, -0.2) is 42.7 Å². The van der Waals surface area contributed by atoms with E-state index in [2.05, 4.69) is 0 Å². The van der Waals surface area contributed by atoms with E-state index in [-0.39, 0.29) is 11.5 Å². The first-order valence-corrected chi connectivity index (χ1v) is 6.21. The van der Waals surface area contributed by atoms with Gasteiger partial charge >= 0.3 is 0 Å². The lowest BCUT2D eigenvalue weighted by Crippen LogP contribution is -2.58. The van der Waals surface area contributed by atoms with Crippen molar-refractivity contribution in [3.05, 3.63) is 0 Å². The van der Waals surface area contributed by atoms with Crippen LogP contribution >= 0.6 is 0 Å². The molecule has 0 aromatic heterocycles. The quantitative estimate of drug-likeness (QED) is 0.727. The molecule has 4 heteroatoms. The molecule has 2 heterocycles. The van der Waals surface area contributed by atoms with Gasteiger partial charge in [-0.2, -0.15) is 0 Å². The van der Waals surface area contributed by atoms with Crippen molar-refractivity contribution in [2.45, 2.75) is 50.9 Å². The van der Waals surface area contributed by atoms with Gasteiger partial charge in [0, 0.05) is 18.6 Å². The molecule has 2 bridgehead atoms. The Hall–Kier alpha value is -0.160. The molecular formula is C12H23NO3. The molecule has 2 aliphatic rings. The largest absolute Gasteiger partial charge is 0.387 e. The van der Waals surface area contributed by atoms with Gasteiger partial charge in [0.25, 0.3) is 0 Å². The molecule has 2 aliphatic heterocycles. The molecule has 2 rings (SSSR count). The SMILES string of the molecule is CCOCC(C)(O)C1(CN)CC2CCC1O2. The Balaban J connectivity index is 2.14. The van der Waals surface area contributed by atoms with E-state index in [0.717, 1.165) is 19.3 Å². The van der Waals surface area contributed by atoms with Gasteiger partial charge in [0.1, 0.15) is 0 Å². The highest BCUT2D eigenvalue weighted by molar-refractivity contribution is 5.10. The molecule has 0 amide bonds. The van der Waals surface area contributed by atoms with Crippen molar-refractivity contribution >= 4 is 0 Å². The van der Waals surface area contributed by atoms with Gasteiger partial charge in [-0.05, 0) is 33.1 Å². The van der Waals surface area contributed by atoms with Crippen LogP contribution in [0.3, 0.4) is 0 Å². The maximum Gasteiger partial charge on any atom is 0.0945 e. The summed E-state index contributed by atoms with van der Waals surface area (Å²) in [5.41, 5.74) is 4.71.